The van der Waals surface area contributed by atoms with E-state index < -0.39 is 0 Å². The first-order chi connectivity index (χ1) is 6.20. The fourth-order valence-electron chi connectivity index (χ4n) is 0.856. The largest absolute Gasteiger partial charge is 0.393 e. The summed E-state index contributed by atoms with van der Waals surface area (Å²) in [7, 11) is 0. The van der Waals surface area contributed by atoms with Crippen molar-refractivity contribution in [3.05, 3.63) is 35.9 Å². The summed E-state index contributed by atoms with van der Waals surface area (Å²) < 4.78 is 0. The highest BCUT2D eigenvalue weighted by Gasteiger charge is 1.96. The van der Waals surface area contributed by atoms with Gasteiger partial charge in [0.15, 0.2) is 0 Å². The lowest BCUT2D eigenvalue weighted by molar-refractivity contribution is 0.0860. The highest BCUT2D eigenvalue weighted by atomic mass is 16.6. The van der Waals surface area contributed by atoms with Gasteiger partial charge in [-0.3, -0.25) is 0 Å². The van der Waals surface area contributed by atoms with E-state index in [1.165, 1.54) is 0 Å². The zero-order chi connectivity index (χ0) is 9.68. The Bertz CT molecular complexity index is 277. The molecular formula is C11H14NO. The van der Waals surface area contributed by atoms with Gasteiger partial charge in [0.25, 0.3) is 0 Å². The van der Waals surface area contributed by atoms with Crippen LogP contribution in [0.2, 0.25) is 0 Å². The van der Waals surface area contributed by atoms with Crippen molar-refractivity contribution in [2.75, 3.05) is 0 Å². The van der Waals surface area contributed by atoms with Crippen LogP contribution in [-0.2, 0) is 4.84 Å². The third kappa shape index (κ3) is 3.28. The van der Waals surface area contributed by atoms with Crippen molar-refractivity contribution in [3.63, 3.8) is 0 Å². The SMILES string of the molecule is CC(=NOC(C)C)c1c[c]ccc1. The maximum atomic E-state index is 5.13. The molecule has 1 aromatic rings. The van der Waals surface area contributed by atoms with Gasteiger partial charge in [-0.05, 0) is 38.5 Å². The van der Waals surface area contributed by atoms with Crippen LogP contribution in [0.3, 0.4) is 0 Å². The van der Waals surface area contributed by atoms with Crippen molar-refractivity contribution in [1.82, 2.24) is 0 Å². The van der Waals surface area contributed by atoms with Crippen LogP contribution in [0, 0.1) is 6.07 Å². The molecule has 0 heterocycles. The van der Waals surface area contributed by atoms with E-state index in [-0.39, 0.29) is 6.10 Å². The van der Waals surface area contributed by atoms with Crippen molar-refractivity contribution in [2.24, 2.45) is 5.16 Å². The van der Waals surface area contributed by atoms with Gasteiger partial charge in [0, 0.05) is 0 Å². The molecular weight excluding hydrogens is 162 g/mol. The minimum Gasteiger partial charge on any atom is -0.393 e. The maximum Gasteiger partial charge on any atom is 0.122 e. The van der Waals surface area contributed by atoms with Crippen LogP contribution in [0.5, 0.6) is 0 Å². The molecule has 1 radical (unpaired) electrons. The van der Waals surface area contributed by atoms with Crippen LogP contribution in [0.1, 0.15) is 26.3 Å². The lowest BCUT2D eigenvalue weighted by Gasteiger charge is -2.04. The molecule has 0 aliphatic heterocycles. The van der Waals surface area contributed by atoms with E-state index in [0.717, 1.165) is 11.3 Å². The summed E-state index contributed by atoms with van der Waals surface area (Å²) in [6, 6.07) is 10.7. The molecule has 2 heteroatoms. The molecule has 0 N–H and O–H groups in total. The lowest BCUT2D eigenvalue weighted by Crippen LogP contribution is -2.01. The Balaban J connectivity index is 2.68. The zero-order valence-electron chi connectivity index (χ0n) is 8.24. The number of hydrogen-bond acceptors (Lipinski definition) is 2. The molecule has 0 aromatic heterocycles. The molecule has 1 aromatic carbocycles. The summed E-state index contributed by atoms with van der Waals surface area (Å²) in [6.07, 6.45) is 0.127. The third-order valence-electron chi connectivity index (χ3n) is 1.53. The standard InChI is InChI=1S/C11H14NO/c1-9(2)13-12-10(3)11-7-5-4-6-8-11/h4-5,7-9H,1-3H3. The van der Waals surface area contributed by atoms with Crippen molar-refractivity contribution >= 4 is 5.71 Å². The molecule has 0 aliphatic carbocycles. The first-order valence-corrected chi connectivity index (χ1v) is 4.37. The molecule has 0 atom stereocenters. The van der Waals surface area contributed by atoms with Crippen LogP contribution in [0.25, 0.3) is 0 Å². The molecule has 0 saturated heterocycles. The second-order valence-corrected chi connectivity index (χ2v) is 3.12. The Morgan fingerprint density at radius 3 is 2.85 bits per heavy atom. The second-order valence-electron chi connectivity index (χ2n) is 3.12. The summed E-state index contributed by atoms with van der Waals surface area (Å²) in [5, 5.41) is 3.99. The van der Waals surface area contributed by atoms with Crippen LogP contribution in [-0.4, -0.2) is 11.8 Å². The normalized spacial score (nSPS) is 11.8. The summed E-state index contributed by atoms with van der Waals surface area (Å²) in [4.78, 5) is 5.13. The van der Waals surface area contributed by atoms with Gasteiger partial charge in [-0.2, -0.15) is 0 Å². The van der Waals surface area contributed by atoms with Crippen LogP contribution >= 0.6 is 0 Å². The summed E-state index contributed by atoms with van der Waals surface area (Å²) in [6.45, 7) is 5.83. The van der Waals surface area contributed by atoms with Gasteiger partial charge in [0.05, 0.1) is 5.71 Å². The predicted molar refractivity (Wildman–Crippen MR) is 53.7 cm³/mol. The first-order valence-electron chi connectivity index (χ1n) is 4.37. The highest BCUT2D eigenvalue weighted by Crippen LogP contribution is 2.01. The monoisotopic (exact) mass is 176 g/mol. The van der Waals surface area contributed by atoms with Gasteiger partial charge in [-0.1, -0.05) is 23.4 Å². The number of hydrogen-bond donors (Lipinski definition) is 0. The summed E-state index contributed by atoms with van der Waals surface area (Å²) >= 11 is 0. The number of rotatable bonds is 3. The van der Waals surface area contributed by atoms with E-state index in [1.54, 1.807) is 0 Å². The van der Waals surface area contributed by atoms with E-state index in [2.05, 4.69) is 11.2 Å². The molecule has 0 fully saturated rings. The molecule has 0 bridgehead atoms. The minimum absolute atomic E-state index is 0.127. The highest BCUT2D eigenvalue weighted by molar-refractivity contribution is 5.98. The van der Waals surface area contributed by atoms with Crippen LogP contribution in [0.15, 0.2) is 29.4 Å². The Kier molecular flexibility index (Phi) is 3.50. The fourth-order valence-corrected chi connectivity index (χ4v) is 0.856. The van der Waals surface area contributed by atoms with Gasteiger partial charge in [0.2, 0.25) is 0 Å². The van der Waals surface area contributed by atoms with Gasteiger partial charge < -0.3 is 4.84 Å². The van der Waals surface area contributed by atoms with E-state index in [0.29, 0.717) is 0 Å². The summed E-state index contributed by atoms with van der Waals surface area (Å²) in [5.74, 6) is 0. The van der Waals surface area contributed by atoms with Crippen molar-refractivity contribution in [1.29, 1.82) is 0 Å². The molecule has 69 valence electrons. The third-order valence-corrected chi connectivity index (χ3v) is 1.53. The second kappa shape index (κ2) is 4.65. The average Bonchev–Trinajstić information content (AvgIpc) is 2.15. The first kappa shape index (κ1) is 9.78. The zero-order valence-corrected chi connectivity index (χ0v) is 8.24. The topological polar surface area (TPSA) is 21.6 Å². The van der Waals surface area contributed by atoms with E-state index >= 15 is 0 Å². The minimum atomic E-state index is 0.127. The van der Waals surface area contributed by atoms with Crippen molar-refractivity contribution in [3.8, 4) is 0 Å². The quantitative estimate of drug-likeness (QED) is 0.512. The Hall–Kier alpha value is -1.31. The van der Waals surface area contributed by atoms with Crippen molar-refractivity contribution < 1.29 is 4.84 Å². The summed E-state index contributed by atoms with van der Waals surface area (Å²) in [5.41, 5.74) is 1.92. The molecule has 0 amide bonds. The molecule has 0 spiro atoms. The van der Waals surface area contributed by atoms with E-state index in [9.17, 15) is 0 Å². The lowest BCUT2D eigenvalue weighted by atomic mass is 10.1. The number of oxime groups is 1. The predicted octanol–water partition coefficient (Wildman–Crippen LogP) is 2.64. The van der Waals surface area contributed by atoms with Gasteiger partial charge >= 0.3 is 0 Å². The molecule has 13 heavy (non-hydrogen) atoms. The molecule has 0 saturated carbocycles. The van der Waals surface area contributed by atoms with Gasteiger partial charge in [-0.25, -0.2) is 0 Å². The van der Waals surface area contributed by atoms with Crippen molar-refractivity contribution in [2.45, 2.75) is 26.9 Å². The molecule has 1 rings (SSSR count). The Morgan fingerprint density at radius 1 is 1.54 bits per heavy atom. The van der Waals surface area contributed by atoms with E-state index in [1.807, 2.05) is 45.0 Å². The Labute approximate surface area is 79.2 Å². The maximum absolute atomic E-state index is 5.13. The fraction of sp³-hybridized carbons (Fsp3) is 0.364. The molecule has 0 unspecified atom stereocenters. The molecule has 0 aliphatic rings. The molecule has 2 nitrogen and oxygen atoms in total. The van der Waals surface area contributed by atoms with E-state index in [4.69, 9.17) is 4.84 Å². The number of benzene rings is 1. The average molecular weight is 176 g/mol. The number of nitrogens with zero attached hydrogens (tertiary/aromatic N) is 1. The van der Waals surface area contributed by atoms with Crippen LogP contribution in [0.4, 0.5) is 0 Å². The smallest absolute Gasteiger partial charge is 0.122 e. The van der Waals surface area contributed by atoms with Gasteiger partial charge in [0.1, 0.15) is 6.10 Å². The Morgan fingerprint density at radius 2 is 2.31 bits per heavy atom. The van der Waals surface area contributed by atoms with Gasteiger partial charge in [-0.15, -0.1) is 0 Å². The van der Waals surface area contributed by atoms with Crippen LogP contribution < -0.4 is 0 Å².